The molecule has 1 aliphatic carbocycles. The van der Waals surface area contributed by atoms with Gasteiger partial charge in [0.25, 0.3) is 5.56 Å². The molecule has 13 nitrogen and oxygen atoms in total. The van der Waals surface area contributed by atoms with Crippen LogP contribution in [0.2, 0.25) is 10.0 Å². The molecule has 2 aromatic carbocycles. The highest BCUT2D eigenvalue weighted by molar-refractivity contribution is 6.39. The Bertz CT molecular complexity index is 2460. The molecule has 0 unspecified atom stereocenters. The lowest BCUT2D eigenvalue weighted by Gasteiger charge is -2.29. The lowest BCUT2D eigenvalue weighted by molar-refractivity contribution is -0.140. The summed E-state index contributed by atoms with van der Waals surface area (Å²) in [5.74, 6) is -0.585. The van der Waals surface area contributed by atoms with Crippen LogP contribution >= 0.6 is 23.2 Å². The first-order chi connectivity index (χ1) is 27.2. The monoisotopic (exact) mass is 812 g/mol. The van der Waals surface area contributed by atoms with E-state index >= 15 is 0 Å². The number of hydrogen-bond acceptors (Lipinski definition) is 9. The fourth-order valence-corrected chi connectivity index (χ4v) is 7.55. The van der Waals surface area contributed by atoms with Crippen LogP contribution in [0.3, 0.4) is 0 Å². The van der Waals surface area contributed by atoms with Crippen LogP contribution in [0.1, 0.15) is 57.6 Å². The number of nitrogens with zero attached hydrogens (tertiary/aromatic N) is 4. The van der Waals surface area contributed by atoms with Gasteiger partial charge in [-0.05, 0) is 63.8 Å². The number of ether oxygens (including phenoxy) is 2. The third-order valence-corrected chi connectivity index (χ3v) is 10.9. The minimum absolute atomic E-state index is 0.0530. The average molecular weight is 814 g/mol. The van der Waals surface area contributed by atoms with Crippen LogP contribution in [0.15, 0.2) is 77.9 Å². The fourth-order valence-electron chi connectivity index (χ4n) is 6.89. The van der Waals surface area contributed by atoms with E-state index in [1.165, 1.54) is 22.6 Å². The summed E-state index contributed by atoms with van der Waals surface area (Å²) >= 11 is 14.2. The summed E-state index contributed by atoms with van der Waals surface area (Å²) in [5.41, 5.74) is 3.37. The molecular formula is C42H42Cl2N6O7. The second kappa shape index (κ2) is 15.8. The van der Waals surface area contributed by atoms with Gasteiger partial charge in [-0.1, -0.05) is 65.7 Å². The van der Waals surface area contributed by atoms with E-state index in [4.69, 9.17) is 37.7 Å². The quantitative estimate of drug-likeness (QED) is 0.118. The number of pyridine rings is 2. The number of hydrogen-bond donors (Lipinski definition) is 3. The molecule has 0 spiro atoms. The third kappa shape index (κ3) is 8.46. The van der Waals surface area contributed by atoms with E-state index in [0.717, 1.165) is 5.56 Å². The number of fused-ring (bicyclic) bond motifs is 1. The Labute approximate surface area is 338 Å². The van der Waals surface area contributed by atoms with Crippen LogP contribution in [0.25, 0.3) is 39.2 Å². The van der Waals surface area contributed by atoms with Crippen molar-refractivity contribution in [2.45, 2.75) is 76.7 Å². The minimum atomic E-state index is -0.899. The van der Waals surface area contributed by atoms with Gasteiger partial charge in [-0.3, -0.25) is 24.1 Å². The van der Waals surface area contributed by atoms with Crippen molar-refractivity contribution in [2.24, 2.45) is 0 Å². The molecular weight excluding hydrogens is 771 g/mol. The zero-order valence-electron chi connectivity index (χ0n) is 31.9. The molecule has 57 heavy (non-hydrogen) atoms. The molecule has 1 aliphatic heterocycles. The normalized spacial score (nSPS) is 16.0. The Morgan fingerprint density at radius 1 is 1.00 bits per heavy atom. The molecule has 7 rings (SSSR count). The number of carboxylic acids is 1. The van der Waals surface area contributed by atoms with Crippen molar-refractivity contribution in [3.63, 3.8) is 0 Å². The molecule has 296 valence electrons. The molecule has 15 heteroatoms. The molecule has 4 heterocycles. The van der Waals surface area contributed by atoms with Crippen molar-refractivity contribution in [2.75, 3.05) is 13.7 Å². The maximum Gasteiger partial charge on any atom is 0.410 e. The Morgan fingerprint density at radius 2 is 1.68 bits per heavy atom. The van der Waals surface area contributed by atoms with Gasteiger partial charge in [0, 0.05) is 65.8 Å². The van der Waals surface area contributed by atoms with Gasteiger partial charge >= 0.3 is 12.1 Å². The number of carboxylic acid groups (broad SMARTS) is 1. The number of carbonyl (C=O) groups excluding carboxylic acids is 2. The van der Waals surface area contributed by atoms with Crippen LogP contribution in [0, 0.1) is 0 Å². The van der Waals surface area contributed by atoms with Gasteiger partial charge in [-0.15, -0.1) is 0 Å². The summed E-state index contributed by atoms with van der Waals surface area (Å²) in [4.78, 5) is 61.2. The van der Waals surface area contributed by atoms with Gasteiger partial charge in [-0.25, -0.2) is 14.8 Å². The predicted octanol–water partition coefficient (Wildman–Crippen LogP) is 7.13. The highest BCUT2D eigenvalue weighted by Crippen LogP contribution is 2.43. The number of methoxy groups -OCH3 is 1. The second-order valence-electron chi connectivity index (χ2n) is 15.3. The zero-order valence-corrected chi connectivity index (χ0v) is 33.4. The van der Waals surface area contributed by atoms with Crippen LogP contribution < -0.4 is 20.9 Å². The smallest absolute Gasteiger partial charge is 0.410 e. The third-order valence-electron chi connectivity index (χ3n) is 10.1. The maximum absolute atomic E-state index is 13.8. The van der Waals surface area contributed by atoms with Crippen LogP contribution in [-0.4, -0.2) is 73.2 Å². The maximum atomic E-state index is 13.8. The topological polar surface area (TPSA) is 164 Å². The summed E-state index contributed by atoms with van der Waals surface area (Å²) < 4.78 is 12.6. The molecule has 3 N–H and O–H groups in total. The lowest BCUT2D eigenvalue weighted by Crippen LogP contribution is -2.44. The lowest BCUT2D eigenvalue weighted by atomic mass is 9.97. The highest BCUT2D eigenvalue weighted by Gasteiger charge is 2.50. The van der Waals surface area contributed by atoms with Crippen LogP contribution in [-0.2, 0) is 27.4 Å². The molecule has 0 radical (unpaired) electrons. The van der Waals surface area contributed by atoms with Crippen LogP contribution in [0.4, 0.5) is 4.79 Å². The van der Waals surface area contributed by atoms with E-state index < -0.39 is 23.2 Å². The highest BCUT2D eigenvalue weighted by atomic mass is 35.5. The van der Waals surface area contributed by atoms with Gasteiger partial charge in [0.2, 0.25) is 11.8 Å². The predicted molar refractivity (Wildman–Crippen MR) is 216 cm³/mol. The molecule has 2 amide bonds. The Morgan fingerprint density at radius 3 is 2.32 bits per heavy atom. The molecule has 1 atom stereocenters. The second-order valence-corrected chi connectivity index (χ2v) is 16.1. The molecule has 1 saturated heterocycles. The Kier molecular flexibility index (Phi) is 11.0. The van der Waals surface area contributed by atoms with E-state index in [-0.39, 0.29) is 42.7 Å². The average Bonchev–Trinajstić information content (AvgIpc) is 3.87. The van der Waals surface area contributed by atoms with Crippen LogP contribution in [0.5, 0.6) is 5.88 Å². The van der Waals surface area contributed by atoms with Gasteiger partial charge in [-0.2, -0.15) is 0 Å². The number of rotatable bonds is 12. The first-order valence-corrected chi connectivity index (χ1v) is 19.3. The van der Waals surface area contributed by atoms with Crippen molar-refractivity contribution in [3.8, 4) is 39.4 Å². The summed E-state index contributed by atoms with van der Waals surface area (Å²) in [6.07, 6.45) is 4.59. The van der Waals surface area contributed by atoms with E-state index in [2.05, 4.69) is 15.6 Å². The van der Waals surface area contributed by atoms with Gasteiger partial charge < -0.3 is 24.8 Å². The van der Waals surface area contributed by atoms with E-state index in [1.807, 2.05) is 48.5 Å². The largest absolute Gasteiger partial charge is 0.481 e. The standard InChI is InChI=1S/C42H42Cl2N6O7/c1-41(2,3)57-40(55)49(23-27-12-14-34(51)47-27)22-26-20-45-33-19-24(15-18-50(33)38(26)52)28-7-5-8-29(35(28)43)30-9-6-10-31(36(30)44)32-13-11-25(37(48-32)56-4)21-46-42(16-17-42)39(53)54/h5-11,13,15,18-20,27,46H,12,14,16-17,21-23H2,1-4H3,(H,47,51)(H,53,54)/t27-/m0/s1. The first kappa shape index (κ1) is 39.7. The molecule has 5 aromatic rings. The summed E-state index contributed by atoms with van der Waals surface area (Å²) in [7, 11) is 1.52. The van der Waals surface area contributed by atoms with Crippen molar-refractivity contribution in [1.29, 1.82) is 0 Å². The van der Waals surface area contributed by atoms with Crippen molar-refractivity contribution in [1.82, 2.24) is 29.9 Å². The molecule has 3 aromatic heterocycles. The number of benzene rings is 2. The van der Waals surface area contributed by atoms with Gasteiger partial charge in [0.15, 0.2) is 0 Å². The summed E-state index contributed by atoms with van der Waals surface area (Å²) in [6, 6.07) is 18.2. The van der Waals surface area contributed by atoms with Gasteiger partial charge in [0.1, 0.15) is 16.8 Å². The Balaban J connectivity index is 1.15. The SMILES string of the molecule is COc1nc(-c2cccc(-c3cccc(-c4ccn5c(=O)c(CN(C[C@@H]6CCC(=O)N6)C(=O)OC(C)(C)C)cnc5c4)c3Cl)c2Cl)ccc1CNC1(C(=O)O)CC1. The van der Waals surface area contributed by atoms with Crippen molar-refractivity contribution < 1.29 is 29.0 Å². The molecule has 1 saturated carbocycles. The molecule has 2 fully saturated rings. The number of carbonyl (C=O) groups is 3. The first-order valence-electron chi connectivity index (χ1n) is 18.5. The van der Waals surface area contributed by atoms with E-state index in [0.29, 0.717) is 80.8 Å². The number of halogens is 2. The summed E-state index contributed by atoms with van der Waals surface area (Å²) in [5, 5.41) is 16.4. The number of amides is 2. The number of aromatic nitrogens is 3. The molecule has 0 bridgehead atoms. The van der Waals surface area contributed by atoms with E-state index in [9.17, 15) is 24.3 Å². The van der Waals surface area contributed by atoms with Gasteiger partial charge in [0.05, 0.1) is 35.0 Å². The van der Waals surface area contributed by atoms with E-state index in [1.54, 1.807) is 39.1 Å². The Hall–Kier alpha value is -5.50. The number of nitrogens with one attached hydrogen (secondary N) is 2. The zero-order chi connectivity index (χ0) is 40.6. The minimum Gasteiger partial charge on any atom is -0.481 e. The summed E-state index contributed by atoms with van der Waals surface area (Å²) in [6.45, 7) is 5.72. The van der Waals surface area contributed by atoms with Crippen molar-refractivity contribution in [3.05, 3.63) is 105 Å². The fraction of sp³-hybridized carbons (Fsp3) is 0.333. The number of aliphatic carboxylic acids is 1. The molecule has 2 aliphatic rings. The van der Waals surface area contributed by atoms with Crippen molar-refractivity contribution >= 4 is 46.8 Å².